The lowest BCUT2D eigenvalue weighted by Crippen LogP contribution is -2.20. The lowest BCUT2D eigenvalue weighted by Gasteiger charge is -2.13. The van der Waals surface area contributed by atoms with Crippen molar-refractivity contribution < 1.29 is 9.15 Å². The van der Waals surface area contributed by atoms with Gasteiger partial charge in [-0.25, -0.2) is 0 Å². The van der Waals surface area contributed by atoms with E-state index >= 15 is 0 Å². The van der Waals surface area contributed by atoms with Gasteiger partial charge in [-0.05, 0) is 18.6 Å². The van der Waals surface area contributed by atoms with Crippen molar-refractivity contribution >= 4 is 6.01 Å². The molecule has 0 saturated carbocycles. The van der Waals surface area contributed by atoms with Crippen molar-refractivity contribution in [1.29, 1.82) is 0 Å². The van der Waals surface area contributed by atoms with Gasteiger partial charge in [0.25, 0.3) is 0 Å². The molecule has 0 N–H and O–H groups in total. The third-order valence-corrected chi connectivity index (χ3v) is 2.49. The number of nitrogens with zero attached hydrogens (tertiary/aromatic N) is 3. The molecule has 0 aliphatic rings. The van der Waals surface area contributed by atoms with E-state index in [-0.39, 0.29) is 0 Å². The molecular formula is C13H17N3O2. The third-order valence-electron chi connectivity index (χ3n) is 2.49. The molecule has 0 aliphatic carbocycles. The molecule has 0 aliphatic heterocycles. The fourth-order valence-corrected chi connectivity index (χ4v) is 1.54. The zero-order valence-electron chi connectivity index (χ0n) is 10.7. The van der Waals surface area contributed by atoms with Gasteiger partial charge in [-0.1, -0.05) is 23.3 Å². The van der Waals surface area contributed by atoms with Gasteiger partial charge in [0.1, 0.15) is 5.75 Å². The first kappa shape index (κ1) is 12.4. The van der Waals surface area contributed by atoms with Crippen LogP contribution < -0.4 is 9.64 Å². The van der Waals surface area contributed by atoms with Crippen LogP contribution in [0.4, 0.5) is 6.01 Å². The Morgan fingerprint density at radius 3 is 2.67 bits per heavy atom. The molecule has 0 unspecified atom stereocenters. The predicted molar refractivity (Wildman–Crippen MR) is 68.9 cm³/mol. The van der Waals surface area contributed by atoms with E-state index in [0.29, 0.717) is 18.5 Å². The second-order valence-corrected chi connectivity index (χ2v) is 4.04. The summed E-state index contributed by atoms with van der Waals surface area (Å²) in [6.07, 6.45) is 0.896. The number of rotatable bonds is 6. The number of hydrogen-bond acceptors (Lipinski definition) is 5. The Bertz CT molecular complexity index is 470. The first-order chi connectivity index (χ1) is 8.75. The van der Waals surface area contributed by atoms with Crippen LogP contribution in [0.5, 0.6) is 5.75 Å². The smallest absolute Gasteiger partial charge is 0.317 e. The topological polar surface area (TPSA) is 51.4 Å². The van der Waals surface area contributed by atoms with Crippen LogP contribution in [0.2, 0.25) is 0 Å². The number of para-hydroxylation sites is 1. The van der Waals surface area contributed by atoms with Gasteiger partial charge in [-0.3, -0.25) is 0 Å². The Morgan fingerprint density at radius 2 is 2.00 bits per heavy atom. The van der Waals surface area contributed by atoms with Crippen LogP contribution in [0.25, 0.3) is 0 Å². The first-order valence-corrected chi connectivity index (χ1v) is 5.95. The van der Waals surface area contributed by atoms with E-state index in [1.54, 1.807) is 6.92 Å². The van der Waals surface area contributed by atoms with E-state index in [2.05, 4.69) is 10.2 Å². The lowest BCUT2D eigenvalue weighted by molar-refractivity contribution is 0.311. The van der Waals surface area contributed by atoms with Crippen molar-refractivity contribution in [1.82, 2.24) is 10.2 Å². The van der Waals surface area contributed by atoms with E-state index in [0.717, 1.165) is 18.7 Å². The van der Waals surface area contributed by atoms with Crippen LogP contribution in [0.1, 0.15) is 12.3 Å². The monoisotopic (exact) mass is 247 g/mol. The summed E-state index contributed by atoms with van der Waals surface area (Å²) in [6, 6.07) is 10.3. The van der Waals surface area contributed by atoms with Gasteiger partial charge < -0.3 is 14.1 Å². The molecule has 0 amide bonds. The van der Waals surface area contributed by atoms with E-state index in [1.165, 1.54) is 0 Å². The van der Waals surface area contributed by atoms with Crippen molar-refractivity contribution in [3.8, 4) is 5.75 Å². The molecule has 1 aromatic heterocycles. The maximum Gasteiger partial charge on any atom is 0.317 e. The van der Waals surface area contributed by atoms with E-state index in [4.69, 9.17) is 9.15 Å². The van der Waals surface area contributed by atoms with E-state index < -0.39 is 0 Å². The molecule has 96 valence electrons. The summed E-state index contributed by atoms with van der Waals surface area (Å²) in [6.45, 7) is 3.26. The highest BCUT2D eigenvalue weighted by Gasteiger charge is 2.07. The molecule has 1 aromatic carbocycles. The Hall–Kier alpha value is -2.04. The summed E-state index contributed by atoms with van der Waals surface area (Å²) in [4.78, 5) is 1.92. The third kappa shape index (κ3) is 3.48. The zero-order valence-corrected chi connectivity index (χ0v) is 10.7. The molecule has 0 atom stereocenters. The van der Waals surface area contributed by atoms with Gasteiger partial charge in [0.2, 0.25) is 5.89 Å². The van der Waals surface area contributed by atoms with Crippen molar-refractivity contribution in [3.05, 3.63) is 36.2 Å². The summed E-state index contributed by atoms with van der Waals surface area (Å²) < 4.78 is 10.9. The van der Waals surface area contributed by atoms with Crippen molar-refractivity contribution in [2.75, 3.05) is 25.1 Å². The highest BCUT2D eigenvalue weighted by molar-refractivity contribution is 5.22. The molecule has 5 nitrogen and oxygen atoms in total. The highest BCUT2D eigenvalue weighted by atomic mass is 16.5. The molecule has 0 saturated heterocycles. The van der Waals surface area contributed by atoms with Crippen LogP contribution in [-0.2, 0) is 0 Å². The van der Waals surface area contributed by atoms with Gasteiger partial charge in [0.05, 0.1) is 6.61 Å². The molecule has 5 heteroatoms. The molecule has 0 fully saturated rings. The number of aryl methyl sites for hydroxylation is 1. The highest BCUT2D eigenvalue weighted by Crippen LogP contribution is 2.11. The summed E-state index contributed by atoms with van der Waals surface area (Å²) in [5.41, 5.74) is 0. The Kier molecular flexibility index (Phi) is 4.17. The normalized spacial score (nSPS) is 10.3. The van der Waals surface area contributed by atoms with E-state index in [1.807, 2.05) is 42.3 Å². The maximum atomic E-state index is 5.60. The second-order valence-electron chi connectivity index (χ2n) is 4.04. The standard InChI is InChI=1S/C13H17N3O2/c1-11-14-15-13(18-11)16(2)9-6-10-17-12-7-4-3-5-8-12/h3-5,7-8H,6,9-10H2,1-2H3. The minimum atomic E-state index is 0.548. The molecular weight excluding hydrogens is 230 g/mol. The quantitative estimate of drug-likeness (QED) is 0.733. The van der Waals surface area contributed by atoms with Crippen LogP contribution in [-0.4, -0.2) is 30.4 Å². The lowest BCUT2D eigenvalue weighted by atomic mass is 10.3. The van der Waals surface area contributed by atoms with Crippen molar-refractivity contribution in [2.45, 2.75) is 13.3 Å². The fraction of sp³-hybridized carbons (Fsp3) is 0.385. The van der Waals surface area contributed by atoms with Gasteiger partial charge in [-0.15, -0.1) is 5.10 Å². The predicted octanol–water partition coefficient (Wildman–Crippen LogP) is 2.28. The van der Waals surface area contributed by atoms with Crippen molar-refractivity contribution in [3.63, 3.8) is 0 Å². The number of hydrogen-bond donors (Lipinski definition) is 0. The molecule has 0 bridgehead atoms. The molecule has 1 heterocycles. The van der Waals surface area contributed by atoms with E-state index in [9.17, 15) is 0 Å². The molecule has 0 spiro atoms. The maximum absolute atomic E-state index is 5.60. The number of ether oxygens (including phenoxy) is 1. The van der Waals surface area contributed by atoms with Gasteiger partial charge in [0, 0.05) is 20.5 Å². The molecule has 2 aromatic rings. The summed E-state index contributed by atoms with van der Waals surface area (Å²) in [7, 11) is 1.93. The van der Waals surface area contributed by atoms with Crippen LogP contribution in [0.3, 0.4) is 0 Å². The Labute approximate surface area is 106 Å². The number of aromatic nitrogens is 2. The molecule has 2 rings (SSSR count). The minimum absolute atomic E-state index is 0.548. The summed E-state index contributed by atoms with van der Waals surface area (Å²) >= 11 is 0. The van der Waals surface area contributed by atoms with Crippen LogP contribution >= 0.6 is 0 Å². The van der Waals surface area contributed by atoms with Gasteiger partial charge in [-0.2, -0.15) is 0 Å². The molecule has 18 heavy (non-hydrogen) atoms. The van der Waals surface area contributed by atoms with Gasteiger partial charge in [0.15, 0.2) is 0 Å². The fourth-order valence-electron chi connectivity index (χ4n) is 1.54. The SMILES string of the molecule is Cc1nnc(N(C)CCCOc2ccccc2)o1. The van der Waals surface area contributed by atoms with Crippen molar-refractivity contribution in [2.24, 2.45) is 0 Å². The molecule has 0 radical (unpaired) electrons. The average Bonchev–Trinajstić information content (AvgIpc) is 2.82. The largest absolute Gasteiger partial charge is 0.494 e. The first-order valence-electron chi connectivity index (χ1n) is 5.95. The summed E-state index contributed by atoms with van der Waals surface area (Å²) in [5, 5.41) is 7.74. The number of benzene rings is 1. The minimum Gasteiger partial charge on any atom is -0.494 e. The zero-order chi connectivity index (χ0) is 12.8. The Morgan fingerprint density at radius 1 is 1.22 bits per heavy atom. The number of anilines is 1. The average molecular weight is 247 g/mol. The second kappa shape index (κ2) is 6.05. The van der Waals surface area contributed by atoms with Gasteiger partial charge >= 0.3 is 6.01 Å². The summed E-state index contributed by atoms with van der Waals surface area (Å²) in [5.74, 6) is 1.48. The van der Waals surface area contributed by atoms with Crippen LogP contribution in [0.15, 0.2) is 34.7 Å². The Balaban J connectivity index is 1.69. The van der Waals surface area contributed by atoms with Crippen LogP contribution in [0, 0.1) is 6.92 Å².